The standard InChI is InChI=1S/C15H11F4N3O/c16-9-3-8(10(17)12(19)11(9)18)13(23)22-6-7-4-15(22,5-7)14-20-1-2-21-14/h1-3,7H,4-6H2,(H,20,21). The molecule has 2 bridgehead atoms. The van der Waals surface area contributed by atoms with Crippen LogP contribution in [-0.2, 0) is 5.54 Å². The molecule has 1 aliphatic carbocycles. The average molecular weight is 325 g/mol. The minimum atomic E-state index is -1.98. The maximum atomic E-state index is 13.9. The largest absolute Gasteiger partial charge is 0.347 e. The van der Waals surface area contributed by atoms with Gasteiger partial charge in [0.1, 0.15) is 11.4 Å². The van der Waals surface area contributed by atoms with Gasteiger partial charge < -0.3 is 9.88 Å². The number of amides is 1. The Hall–Kier alpha value is -2.38. The molecule has 2 aliphatic heterocycles. The number of nitrogens with one attached hydrogen (secondary N) is 1. The Labute approximate surface area is 128 Å². The SMILES string of the molecule is O=C(c1cc(F)c(F)c(F)c1F)N1CC2CC1(c1ncc[nH]1)C2. The quantitative estimate of drug-likeness (QED) is 0.524. The van der Waals surface area contributed by atoms with Gasteiger partial charge in [0, 0.05) is 18.9 Å². The van der Waals surface area contributed by atoms with Crippen LogP contribution in [0, 0.1) is 29.2 Å². The summed E-state index contributed by atoms with van der Waals surface area (Å²) >= 11 is 0. The van der Waals surface area contributed by atoms with Crippen LogP contribution >= 0.6 is 0 Å². The summed E-state index contributed by atoms with van der Waals surface area (Å²) in [4.78, 5) is 21.1. The van der Waals surface area contributed by atoms with Gasteiger partial charge in [-0.05, 0) is 24.8 Å². The average Bonchev–Trinajstić information content (AvgIpc) is 3.20. The molecule has 2 aromatic rings. The first-order valence-corrected chi connectivity index (χ1v) is 7.09. The molecule has 120 valence electrons. The first-order chi connectivity index (χ1) is 10.9. The molecule has 2 saturated heterocycles. The predicted octanol–water partition coefficient (Wildman–Crippen LogP) is 2.73. The molecule has 3 aliphatic rings. The Balaban J connectivity index is 1.76. The molecule has 3 heterocycles. The van der Waals surface area contributed by atoms with E-state index in [9.17, 15) is 22.4 Å². The van der Waals surface area contributed by atoms with E-state index in [1.807, 2.05) is 0 Å². The number of halogens is 4. The smallest absolute Gasteiger partial charge is 0.257 e. The van der Waals surface area contributed by atoms with Crippen molar-refractivity contribution in [2.75, 3.05) is 6.54 Å². The van der Waals surface area contributed by atoms with Crippen LogP contribution in [0.15, 0.2) is 18.5 Å². The van der Waals surface area contributed by atoms with E-state index in [0.717, 1.165) is 0 Å². The van der Waals surface area contributed by atoms with Crippen LogP contribution in [-0.4, -0.2) is 27.3 Å². The van der Waals surface area contributed by atoms with E-state index in [0.29, 0.717) is 31.3 Å². The molecule has 3 fully saturated rings. The van der Waals surface area contributed by atoms with Gasteiger partial charge in [0.2, 0.25) is 0 Å². The van der Waals surface area contributed by atoms with Crippen LogP contribution in [0.2, 0.25) is 0 Å². The number of carbonyl (C=O) groups excluding carboxylic acids is 1. The van der Waals surface area contributed by atoms with Gasteiger partial charge in [-0.1, -0.05) is 0 Å². The first kappa shape index (κ1) is 14.2. The molecule has 5 rings (SSSR count). The summed E-state index contributed by atoms with van der Waals surface area (Å²) in [6.07, 6.45) is 4.45. The summed E-state index contributed by atoms with van der Waals surface area (Å²) in [7, 11) is 0. The molecule has 0 atom stereocenters. The van der Waals surface area contributed by atoms with Gasteiger partial charge in [-0.15, -0.1) is 0 Å². The van der Waals surface area contributed by atoms with Crippen molar-refractivity contribution < 1.29 is 22.4 Å². The highest BCUT2D eigenvalue weighted by atomic mass is 19.2. The molecule has 1 aromatic heterocycles. The Kier molecular flexibility index (Phi) is 2.82. The molecule has 23 heavy (non-hydrogen) atoms. The van der Waals surface area contributed by atoms with Crippen molar-refractivity contribution in [2.45, 2.75) is 18.4 Å². The van der Waals surface area contributed by atoms with Crippen LogP contribution in [0.5, 0.6) is 0 Å². The molecule has 0 spiro atoms. The van der Waals surface area contributed by atoms with E-state index in [-0.39, 0.29) is 5.92 Å². The van der Waals surface area contributed by atoms with E-state index in [2.05, 4.69) is 9.97 Å². The number of carbonyl (C=O) groups is 1. The van der Waals surface area contributed by atoms with Crippen LogP contribution in [0.4, 0.5) is 17.6 Å². The molecule has 1 amide bonds. The fourth-order valence-corrected chi connectivity index (χ4v) is 3.67. The van der Waals surface area contributed by atoms with Crippen molar-refractivity contribution in [1.29, 1.82) is 0 Å². The van der Waals surface area contributed by atoms with Gasteiger partial charge in [-0.2, -0.15) is 0 Å². The Bertz CT molecular complexity index is 800. The van der Waals surface area contributed by atoms with Crippen molar-refractivity contribution in [1.82, 2.24) is 14.9 Å². The number of imidazole rings is 1. The second-order valence-corrected chi connectivity index (χ2v) is 6.01. The molecule has 1 N–H and O–H groups in total. The van der Waals surface area contributed by atoms with Crippen molar-refractivity contribution in [3.8, 4) is 0 Å². The topological polar surface area (TPSA) is 49.0 Å². The van der Waals surface area contributed by atoms with Gasteiger partial charge in [0.25, 0.3) is 5.91 Å². The number of aromatic amines is 1. The summed E-state index contributed by atoms with van der Waals surface area (Å²) in [5.41, 5.74) is -1.51. The lowest BCUT2D eigenvalue weighted by molar-refractivity contribution is 0.0521. The normalized spacial score (nSPS) is 25.6. The lowest BCUT2D eigenvalue weighted by atomic mass is 9.72. The molecule has 0 radical (unpaired) electrons. The molecule has 1 saturated carbocycles. The Morgan fingerprint density at radius 2 is 1.96 bits per heavy atom. The number of nitrogens with zero attached hydrogens (tertiary/aromatic N) is 2. The fraction of sp³-hybridized carbons (Fsp3) is 0.333. The number of hydrogen-bond donors (Lipinski definition) is 1. The van der Waals surface area contributed by atoms with E-state index in [1.165, 1.54) is 11.1 Å². The Morgan fingerprint density at radius 1 is 1.22 bits per heavy atom. The monoisotopic (exact) mass is 325 g/mol. The maximum absolute atomic E-state index is 13.9. The predicted molar refractivity (Wildman–Crippen MR) is 70.3 cm³/mol. The van der Waals surface area contributed by atoms with Gasteiger partial charge >= 0.3 is 0 Å². The fourth-order valence-electron chi connectivity index (χ4n) is 3.67. The number of fused-ring (bicyclic) bond motifs is 1. The molecule has 8 heteroatoms. The van der Waals surface area contributed by atoms with E-state index >= 15 is 0 Å². The zero-order chi connectivity index (χ0) is 16.4. The molecule has 4 nitrogen and oxygen atoms in total. The van der Waals surface area contributed by atoms with E-state index in [4.69, 9.17) is 0 Å². The summed E-state index contributed by atoms with van der Waals surface area (Å²) < 4.78 is 53.7. The number of H-pyrrole nitrogens is 1. The van der Waals surface area contributed by atoms with Crippen LogP contribution in [0.25, 0.3) is 0 Å². The summed E-state index contributed by atoms with van der Waals surface area (Å²) in [5.74, 6) is -7.24. The third-order valence-corrected chi connectivity index (χ3v) is 4.73. The number of rotatable bonds is 2. The molecule has 1 aromatic carbocycles. The van der Waals surface area contributed by atoms with Gasteiger partial charge in [0.05, 0.1) is 5.56 Å². The van der Waals surface area contributed by atoms with Crippen molar-refractivity contribution >= 4 is 5.91 Å². The highest BCUT2D eigenvalue weighted by Crippen LogP contribution is 2.56. The minimum absolute atomic E-state index is 0.238. The Morgan fingerprint density at radius 3 is 2.61 bits per heavy atom. The molecular formula is C15H11F4N3O. The van der Waals surface area contributed by atoms with E-state index in [1.54, 1.807) is 6.20 Å². The van der Waals surface area contributed by atoms with E-state index < -0.39 is 40.3 Å². The maximum Gasteiger partial charge on any atom is 0.257 e. The minimum Gasteiger partial charge on any atom is -0.347 e. The zero-order valence-electron chi connectivity index (χ0n) is 11.7. The third kappa shape index (κ3) is 1.77. The second-order valence-electron chi connectivity index (χ2n) is 6.01. The first-order valence-electron chi connectivity index (χ1n) is 7.09. The van der Waals surface area contributed by atoms with Crippen LogP contribution in [0.3, 0.4) is 0 Å². The summed E-state index contributed by atoms with van der Waals surface area (Å²) in [5, 5.41) is 0. The second kappa shape index (κ2) is 4.56. The van der Waals surface area contributed by atoms with Gasteiger partial charge in [-0.3, -0.25) is 4.79 Å². The number of aromatic nitrogens is 2. The highest BCUT2D eigenvalue weighted by Gasteiger charge is 2.60. The van der Waals surface area contributed by atoms with Crippen molar-refractivity contribution in [3.05, 3.63) is 53.1 Å². The molecule has 0 unspecified atom stereocenters. The van der Waals surface area contributed by atoms with Gasteiger partial charge in [0.15, 0.2) is 23.3 Å². The highest BCUT2D eigenvalue weighted by molar-refractivity contribution is 5.95. The number of benzene rings is 1. The van der Waals surface area contributed by atoms with Crippen LogP contribution in [0.1, 0.15) is 29.0 Å². The van der Waals surface area contributed by atoms with Crippen molar-refractivity contribution in [3.63, 3.8) is 0 Å². The zero-order valence-corrected chi connectivity index (χ0v) is 11.7. The molecular weight excluding hydrogens is 314 g/mol. The summed E-state index contributed by atoms with van der Waals surface area (Å²) in [6, 6.07) is 0.404. The lowest BCUT2D eigenvalue weighted by Gasteiger charge is -2.40. The number of hydrogen-bond acceptors (Lipinski definition) is 2. The lowest BCUT2D eigenvalue weighted by Crippen LogP contribution is -2.46. The summed E-state index contributed by atoms with van der Waals surface area (Å²) in [6.45, 7) is 0.347. The van der Waals surface area contributed by atoms with Crippen LogP contribution < -0.4 is 0 Å². The van der Waals surface area contributed by atoms with Crippen molar-refractivity contribution in [2.24, 2.45) is 5.92 Å². The third-order valence-electron chi connectivity index (χ3n) is 4.73. The van der Waals surface area contributed by atoms with Gasteiger partial charge in [-0.25, -0.2) is 22.5 Å².